The quantitative estimate of drug-likeness (QED) is 0.410. The molecule has 0 fully saturated rings. The minimum atomic E-state index is 0.410. The van der Waals surface area contributed by atoms with Gasteiger partial charge in [0.15, 0.2) is 12.0 Å². The van der Waals surface area contributed by atoms with Crippen LogP contribution in [0.25, 0.3) is 0 Å². The number of hydrogen-bond donors (Lipinski definition) is 1. The molecule has 5 heteroatoms. The van der Waals surface area contributed by atoms with Crippen LogP contribution in [-0.4, -0.2) is 15.2 Å². The van der Waals surface area contributed by atoms with Gasteiger partial charge >= 0.3 is 0 Å². The molecule has 0 aliphatic carbocycles. The molecule has 0 atom stereocenters. The van der Waals surface area contributed by atoms with Crippen molar-refractivity contribution >= 4 is 5.82 Å². The smallest absolute Gasteiger partial charge is 0.182 e. The fourth-order valence-corrected chi connectivity index (χ4v) is 0.361. The highest BCUT2D eigenvalue weighted by atomic mass is 15.2. The molecule has 0 saturated heterocycles. The molecule has 0 aliphatic rings. The van der Waals surface area contributed by atoms with Crippen molar-refractivity contribution in [2.24, 2.45) is 0 Å². The third kappa shape index (κ3) is 1.35. The van der Waals surface area contributed by atoms with Gasteiger partial charge in [-0.1, -0.05) is 0 Å². The standard InChI is InChI=1S/C4H3N5/c5-2-6-4-1-8-9-3-7-4/h1,3H,(H,6,7,9). The van der Waals surface area contributed by atoms with Gasteiger partial charge in [0.25, 0.3) is 0 Å². The van der Waals surface area contributed by atoms with Crippen molar-refractivity contribution in [1.82, 2.24) is 15.2 Å². The van der Waals surface area contributed by atoms with E-state index in [0.29, 0.717) is 5.82 Å². The number of nitrogens with zero attached hydrogens (tertiary/aromatic N) is 4. The van der Waals surface area contributed by atoms with Crippen molar-refractivity contribution in [3.05, 3.63) is 12.5 Å². The number of nitriles is 1. The molecule has 1 aromatic rings. The van der Waals surface area contributed by atoms with Gasteiger partial charge in [0.2, 0.25) is 0 Å². The summed E-state index contributed by atoms with van der Waals surface area (Å²) >= 11 is 0. The summed E-state index contributed by atoms with van der Waals surface area (Å²) < 4.78 is 0. The summed E-state index contributed by atoms with van der Waals surface area (Å²) in [6, 6.07) is 0. The first kappa shape index (κ1) is 5.44. The lowest BCUT2D eigenvalue weighted by atomic mass is 10.7. The molecule has 0 aliphatic heterocycles. The Labute approximate surface area is 51.4 Å². The Bertz CT molecular complexity index is 212. The molecule has 9 heavy (non-hydrogen) atoms. The van der Waals surface area contributed by atoms with Crippen molar-refractivity contribution in [1.29, 1.82) is 5.26 Å². The summed E-state index contributed by atoms with van der Waals surface area (Å²) in [5.74, 6) is 0.410. The summed E-state index contributed by atoms with van der Waals surface area (Å²) in [4.78, 5) is 3.66. The summed E-state index contributed by atoms with van der Waals surface area (Å²) in [6.45, 7) is 0. The zero-order valence-electron chi connectivity index (χ0n) is 4.44. The first-order chi connectivity index (χ1) is 4.43. The van der Waals surface area contributed by atoms with Crippen LogP contribution >= 0.6 is 0 Å². The predicted molar refractivity (Wildman–Crippen MR) is 29.1 cm³/mol. The van der Waals surface area contributed by atoms with Crippen molar-refractivity contribution in [3.63, 3.8) is 0 Å². The van der Waals surface area contributed by atoms with Gasteiger partial charge in [-0.3, -0.25) is 5.32 Å². The van der Waals surface area contributed by atoms with Crippen LogP contribution in [0.4, 0.5) is 5.82 Å². The summed E-state index contributed by atoms with van der Waals surface area (Å²) in [6.07, 6.45) is 4.33. The van der Waals surface area contributed by atoms with Crippen LogP contribution in [0.1, 0.15) is 0 Å². The molecule has 0 radical (unpaired) electrons. The zero-order chi connectivity index (χ0) is 6.53. The molecule has 0 spiro atoms. The van der Waals surface area contributed by atoms with E-state index in [2.05, 4.69) is 20.5 Å². The molecular weight excluding hydrogens is 118 g/mol. The topological polar surface area (TPSA) is 74.5 Å². The molecular formula is C4H3N5. The van der Waals surface area contributed by atoms with Gasteiger partial charge in [-0.25, -0.2) is 4.98 Å². The van der Waals surface area contributed by atoms with Gasteiger partial charge in [0, 0.05) is 0 Å². The number of rotatable bonds is 1. The molecule has 0 unspecified atom stereocenters. The number of hydrogen-bond acceptors (Lipinski definition) is 5. The molecule has 0 amide bonds. The van der Waals surface area contributed by atoms with Crippen molar-refractivity contribution < 1.29 is 0 Å². The maximum absolute atomic E-state index is 8.07. The minimum absolute atomic E-state index is 0.410. The number of nitrogens with one attached hydrogen (secondary N) is 1. The van der Waals surface area contributed by atoms with Crippen LogP contribution in [0.15, 0.2) is 12.5 Å². The third-order valence-corrected chi connectivity index (χ3v) is 0.679. The largest absolute Gasteiger partial charge is 0.275 e. The highest BCUT2D eigenvalue weighted by Gasteiger charge is 1.85. The molecule has 1 N–H and O–H groups in total. The molecule has 1 rings (SSSR count). The molecule has 5 nitrogen and oxygen atoms in total. The highest BCUT2D eigenvalue weighted by molar-refractivity contribution is 5.33. The average molecular weight is 121 g/mol. The molecule has 0 saturated carbocycles. The fraction of sp³-hybridized carbons (Fsp3) is 0. The van der Waals surface area contributed by atoms with Gasteiger partial charge < -0.3 is 0 Å². The SMILES string of the molecule is N#CNc1cnncn1. The van der Waals surface area contributed by atoms with Crippen LogP contribution in [0, 0.1) is 11.5 Å². The summed E-state index contributed by atoms with van der Waals surface area (Å²) in [5.41, 5.74) is 0. The lowest BCUT2D eigenvalue weighted by Gasteiger charge is -1.88. The van der Waals surface area contributed by atoms with Crippen molar-refractivity contribution in [3.8, 4) is 6.19 Å². The Morgan fingerprint density at radius 3 is 3.00 bits per heavy atom. The van der Waals surface area contributed by atoms with Crippen LogP contribution in [0.2, 0.25) is 0 Å². The van der Waals surface area contributed by atoms with E-state index < -0.39 is 0 Å². The van der Waals surface area contributed by atoms with E-state index in [9.17, 15) is 0 Å². The van der Waals surface area contributed by atoms with Crippen LogP contribution in [0.5, 0.6) is 0 Å². The third-order valence-electron chi connectivity index (χ3n) is 0.679. The van der Waals surface area contributed by atoms with E-state index in [1.54, 1.807) is 6.19 Å². The first-order valence-electron chi connectivity index (χ1n) is 2.21. The van der Waals surface area contributed by atoms with E-state index in [-0.39, 0.29) is 0 Å². The van der Waals surface area contributed by atoms with E-state index >= 15 is 0 Å². The second-order valence-electron chi connectivity index (χ2n) is 1.23. The normalized spacial score (nSPS) is 7.89. The van der Waals surface area contributed by atoms with E-state index in [4.69, 9.17) is 5.26 Å². The number of anilines is 1. The van der Waals surface area contributed by atoms with Crippen molar-refractivity contribution in [2.45, 2.75) is 0 Å². The average Bonchev–Trinajstić information content (AvgIpc) is 1.91. The molecule has 1 heterocycles. The van der Waals surface area contributed by atoms with E-state index in [0.717, 1.165) is 0 Å². The Hall–Kier alpha value is -1.70. The Kier molecular flexibility index (Phi) is 1.55. The van der Waals surface area contributed by atoms with Crippen molar-refractivity contribution in [2.75, 3.05) is 5.32 Å². The minimum Gasteiger partial charge on any atom is -0.275 e. The van der Waals surface area contributed by atoms with E-state index in [1.807, 2.05) is 0 Å². The molecule has 0 bridgehead atoms. The lowest BCUT2D eigenvalue weighted by Crippen LogP contribution is -1.92. The maximum atomic E-state index is 8.07. The Morgan fingerprint density at radius 2 is 2.44 bits per heavy atom. The van der Waals surface area contributed by atoms with Gasteiger partial charge in [-0.2, -0.15) is 10.4 Å². The highest BCUT2D eigenvalue weighted by Crippen LogP contribution is 1.91. The van der Waals surface area contributed by atoms with Gasteiger partial charge in [0.05, 0.1) is 6.20 Å². The second-order valence-corrected chi connectivity index (χ2v) is 1.23. The molecule has 1 aromatic heterocycles. The molecule has 44 valence electrons. The summed E-state index contributed by atoms with van der Waals surface area (Å²) in [7, 11) is 0. The van der Waals surface area contributed by atoms with Crippen LogP contribution in [0.3, 0.4) is 0 Å². The van der Waals surface area contributed by atoms with Crippen LogP contribution in [-0.2, 0) is 0 Å². The van der Waals surface area contributed by atoms with Gasteiger partial charge in [-0.05, 0) is 0 Å². The number of aromatic nitrogens is 3. The van der Waals surface area contributed by atoms with E-state index in [1.165, 1.54) is 12.5 Å². The van der Waals surface area contributed by atoms with Crippen LogP contribution < -0.4 is 5.32 Å². The first-order valence-corrected chi connectivity index (χ1v) is 2.21. The maximum Gasteiger partial charge on any atom is 0.182 e. The fourth-order valence-electron chi connectivity index (χ4n) is 0.361. The Morgan fingerprint density at radius 1 is 1.56 bits per heavy atom. The van der Waals surface area contributed by atoms with Gasteiger partial charge in [0.1, 0.15) is 6.33 Å². The zero-order valence-corrected chi connectivity index (χ0v) is 4.44. The monoisotopic (exact) mass is 121 g/mol. The summed E-state index contributed by atoms with van der Waals surface area (Å²) in [5, 5.41) is 17.3. The lowest BCUT2D eigenvalue weighted by molar-refractivity contribution is 0.973. The van der Waals surface area contributed by atoms with Gasteiger partial charge in [-0.15, -0.1) is 5.10 Å². The molecule has 0 aromatic carbocycles. The Balaban J connectivity index is 2.76. The second kappa shape index (κ2) is 2.57. The predicted octanol–water partition coefficient (Wildman–Crippen LogP) is -0.235.